The smallest absolute Gasteiger partial charge is 0.335 e. The average Bonchev–Trinajstić information content (AvgIpc) is 2.78. The van der Waals surface area contributed by atoms with Crippen LogP contribution in [-0.2, 0) is 16.0 Å². The van der Waals surface area contributed by atoms with Crippen LogP contribution in [-0.4, -0.2) is 25.0 Å². The van der Waals surface area contributed by atoms with Crippen molar-refractivity contribution in [2.45, 2.75) is 27.2 Å². The molecule has 0 atom stereocenters. The number of rotatable bonds is 5. The van der Waals surface area contributed by atoms with Gasteiger partial charge in [0.25, 0.3) is 11.8 Å². The Morgan fingerprint density at radius 1 is 0.971 bits per heavy atom. The summed E-state index contributed by atoms with van der Waals surface area (Å²) >= 11 is 6.64. The second-order valence-corrected chi connectivity index (χ2v) is 9.01. The average molecular weight is 489 g/mol. The summed E-state index contributed by atoms with van der Waals surface area (Å²) in [6.07, 6.45) is 1.99. The summed E-state index contributed by atoms with van der Waals surface area (Å²) in [5.41, 5.74) is 5.69. The van der Waals surface area contributed by atoms with Crippen molar-refractivity contribution >= 4 is 41.2 Å². The monoisotopic (exact) mass is 488 g/mol. The van der Waals surface area contributed by atoms with Crippen molar-refractivity contribution in [3.8, 4) is 5.75 Å². The molecule has 0 spiro atoms. The van der Waals surface area contributed by atoms with E-state index in [4.69, 9.17) is 16.3 Å². The third kappa shape index (κ3) is 4.98. The highest BCUT2D eigenvalue weighted by atomic mass is 35.5. The number of benzene rings is 3. The normalized spacial score (nSPS) is 14.9. The second kappa shape index (κ2) is 9.76. The molecule has 0 aliphatic carbocycles. The number of carbonyl (C=O) groups excluding carboxylic acids is 3. The summed E-state index contributed by atoms with van der Waals surface area (Å²) in [6, 6.07) is 15.9. The van der Waals surface area contributed by atoms with Gasteiger partial charge >= 0.3 is 6.03 Å². The molecule has 1 aliphatic heterocycles. The molecule has 35 heavy (non-hydrogen) atoms. The zero-order valence-corrected chi connectivity index (χ0v) is 20.7. The van der Waals surface area contributed by atoms with E-state index in [1.54, 1.807) is 50.4 Å². The number of nitrogens with one attached hydrogen (secondary N) is 1. The number of hydrogen-bond donors (Lipinski definition) is 1. The topological polar surface area (TPSA) is 75.7 Å². The number of barbiturate groups is 1. The van der Waals surface area contributed by atoms with Gasteiger partial charge in [0.15, 0.2) is 0 Å². The van der Waals surface area contributed by atoms with Crippen molar-refractivity contribution in [3.05, 3.63) is 98.6 Å². The Labute approximate surface area is 209 Å². The van der Waals surface area contributed by atoms with E-state index in [0.717, 1.165) is 32.7 Å². The van der Waals surface area contributed by atoms with Gasteiger partial charge in [0.2, 0.25) is 0 Å². The summed E-state index contributed by atoms with van der Waals surface area (Å²) in [5.74, 6) is -0.930. The molecule has 4 rings (SSSR count). The minimum absolute atomic E-state index is 0.173. The summed E-state index contributed by atoms with van der Waals surface area (Å²) in [5, 5.41) is 2.70. The fraction of sp³-hybridized carbons (Fsp3) is 0.179. The summed E-state index contributed by atoms with van der Waals surface area (Å²) in [7, 11) is 1.55. The maximum atomic E-state index is 13.2. The molecule has 0 radical (unpaired) electrons. The highest BCUT2D eigenvalue weighted by molar-refractivity contribution is 6.39. The first-order valence-electron chi connectivity index (χ1n) is 11.1. The van der Waals surface area contributed by atoms with Gasteiger partial charge in [-0.1, -0.05) is 59.1 Å². The van der Waals surface area contributed by atoms with E-state index in [9.17, 15) is 14.4 Å². The van der Waals surface area contributed by atoms with Crippen LogP contribution in [0.3, 0.4) is 0 Å². The van der Waals surface area contributed by atoms with E-state index in [1.165, 1.54) is 6.08 Å². The van der Waals surface area contributed by atoms with E-state index >= 15 is 0 Å². The molecule has 6 nitrogen and oxygen atoms in total. The lowest BCUT2D eigenvalue weighted by atomic mass is 9.98. The van der Waals surface area contributed by atoms with Crippen LogP contribution < -0.4 is 15.0 Å². The van der Waals surface area contributed by atoms with Crippen molar-refractivity contribution in [1.82, 2.24) is 5.32 Å². The quantitative estimate of drug-likeness (QED) is 0.378. The first-order chi connectivity index (χ1) is 16.7. The Morgan fingerprint density at radius 2 is 1.66 bits per heavy atom. The molecular weight excluding hydrogens is 464 g/mol. The molecule has 0 saturated carbocycles. The number of para-hydroxylation sites is 1. The van der Waals surface area contributed by atoms with Gasteiger partial charge in [-0.15, -0.1) is 0 Å². The Hall–Kier alpha value is -3.90. The SMILES string of the molecule is COc1cc(/C=C2\C(=O)NC(=O)N(c3ccccc3C)C2=O)cc(Cl)c1Cc1cc(C)cc(C)c1. The Balaban J connectivity index is 1.72. The van der Waals surface area contributed by atoms with Crippen molar-refractivity contribution in [3.63, 3.8) is 0 Å². The van der Waals surface area contributed by atoms with Crippen LogP contribution in [0.25, 0.3) is 6.08 Å². The minimum atomic E-state index is -0.786. The van der Waals surface area contributed by atoms with E-state index in [-0.39, 0.29) is 5.57 Å². The summed E-state index contributed by atoms with van der Waals surface area (Å²) < 4.78 is 5.60. The molecule has 1 saturated heterocycles. The van der Waals surface area contributed by atoms with E-state index < -0.39 is 17.8 Å². The van der Waals surface area contributed by atoms with Crippen LogP contribution in [0.1, 0.15) is 33.4 Å². The second-order valence-electron chi connectivity index (χ2n) is 8.60. The first kappa shape index (κ1) is 24.2. The van der Waals surface area contributed by atoms with Gasteiger partial charge in [-0.25, -0.2) is 9.69 Å². The van der Waals surface area contributed by atoms with Crippen molar-refractivity contribution in [2.75, 3.05) is 12.0 Å². The van der Waals surface area contributed by atoms with Crippen molar-refractivity contribution in [2.24, 2.45) is 0 Å². The number of methoxy groups -OCH3 is 1. The molecule has 1 heterocycles. The fourth-order valence-corrected chi connectivity index (χ4v) is 4.59. The number of urea groups is 1. The maximum Gasteiger partial charge on any atom is 0.335 e. The van der Waals surface area contributed by atoms with Gasteiger partial charge < -0.3 is 4.74 Å². The zero-order chi connectivity index (χ0) is 25.3. The molecule has 1 aliphatic rings. The number of ether oxygens (including phenoxy) is 1. The molecule has 7 heteroatoms. The number of hydrogen-bond acceptors (Lipinski definition) is 4. The number of nitrogens with zero attached hydrogens (tertiary/aromatic N) is 1. The molecule has 0 bridgehead atoms. The van der Waals surface area contributed by atoms with E-state index in [2.05, 4.69) is 23.5 Å². The maximum absolute atomic E-state index is 13.2. The third-order valence-electron chi connectivity index (χ3n) is 5.83. The lowest BCUT2D eigenvalue weighted by Gasteiger charge is -2.27. The molecular formula is C28H25ClN2O4. The summed E-state index contributed by atoms with van der Waals surface area (Å²) in [4.78, 5) is 39.3. The van der Waals surface area contributed by atoms with Crippen LogP contribution in [0.15, 0.2) is 60.2 Å². The van der Waals surface area contributed by atoms with Gasteiger partial charge in [-0.3, -0.25) is 14.9 Å². The van der Waals surface area contributed by atoms with E-state index in [0.29, 0.717) is 28.4 Å². The fourth-order valence-electron chi connectivity index (χ4n) is 4.30. The van der Waals surface area contributed by atoms with Gasteiger partial charge in [0, 0.05) is 17.0 Å². The number of amides is 4. The lowest BCUT2D eigenvalue weighted by molar-refractivity contribution is -0.122. The van der Waals surface area contributed by atoms with Crippen LogP contribution in [0.4, 0.5) is 10.5 Å². The molecule has 1 N–H and O–H groups in total. The van der Waals surface area contributed by atoms with Gasteiger partial charge in [-0.05, 0) is 61.7 Å². The zero-order valence-electron chi connectivity index (χ0n) is 19.9. The predicted molar refractivity (Wildman–Crippen MR) is 137 cm³/mol. The first-order valence-corrected chi connectivity index (χ1v) is 11.5. The van der Waals surface area contributed by atoms with Gasteiger partial charge in [0.1, 0.15) is 11.3 Å². The molecule has 4 amide bonds. The Morgan fingerprint density at radius 3 is 2.31 bits per heavy atom. The predicted octanol–water partition coefficient (Wildman–Crippen LogP) is 5.53. The largest absolute Gasteiger partial charge is 0.496 e. The molecule has 3 aromatic carbocycles. The van der Waals surface area contributed by atoms with Crippen LogP contribution in [0.5, 0.6) is 5.75 Å². The van der Waals surface area contributed by atoms with Gasteiger partial charge in [0.05, 0.1) is 12.8 Å². The van der Waals surface area contributed by atoms with Crippen LogP contribution in [0, 0.1) is 20.8 Å². The van der Waals surface area contributed by atoms with Gasteiger partial charge in [-0.2, -0.15) is 0 Å². The number of aryl methyl sites for hydroxylation is 3. The lowest BCUT2D eigenvalue weighted by Crippen LogP contribution is -2.54. The standard InChI is InChI=1S/C28H25ClN2O4/c1-16-9-17(2)11-19(10-16)12-21-23(29)14-20(15-25(21)35-4)13-22-26(32)30-28(34)31(27(22)33)24-8-6-5-7-18(24)3/h5-11,13-15H,12H2,1-4H3,(H,30,32,34)/b22-13+. The van der Waals surface area contributed by atoms with E-state index in [1.807, 2.05) is 13.8 Å². The summed E-state index contributed by atoms with van der Waals surface area (Å²) in [6.45, 7) is 5.87. The highest BCUT2D eigenvalue weighted by Gasteiger charge is 2.37. The number of imide groups is 2. The minimum Gasteiger partial charge on any atom is -0.496 e. The Kier molecular flexibility index (Phi) is 6.76. The number of carbonyl (C=O) groups is 3. The molecule has 3 aromatic rings. The molecule has 178 valence electrons. The van der Waals surface area contributed by atoms with Crippen molar-refractivity contribution in [1.29, 1.82) is 0 Å². The number of anilines is 1. The third-order valence-corrected chi connectivity index (χ3v) is 6.17. The van der Waals surface area contributed by atoms with Crippen molar-refractivity contribution < 1.29 is 19.1 Å². The molecule has 1 fully saturated rings. The molecule has 0 aromatic heterocycles. The Bertz CT molecular complexity index is 1370. The highest BCUT2D eigenvalue weighted by Crippen LogP contribution is 2.33. The van der Waals surface area contributed by atoms with Crippen LogP contribution in [0.2, 0.25) is 5.02 Å². The van der Waals surface area contributed by atoms with Crippen LogP contribution >= 0.6 is 11.6 Å². The molecule has 0 unspecified atom stereocenters. The number of halogens is 1.